The Labute approximate surface area is 106 Å². The van der Waals surface area contributed by atoms with E-state index in [2.05, 4.69) is 9.97 Å². The van der Waals surface area contributed by atoms with Gasteiger partial charge in [-0.05, 0) is 6.07 Å². The molecule has 0 atom stereocenters. The minimum Gasteiger partial charge on any atom is -0.349 e. The van der Waals surface area contributed by atoms with Gasteiger partial charge in [-0.2, -0.15) is 0 Å². The number of benzene rings is 1. The van der Waals surface area contributed by atoms with Gasteiger partial charge in [0.05, 0.1) is 5.52 Å². The van der Waals surface area contributed by atoms with Crippen molar-refractivity contribution in [2.45, 2.75) is 6.54 Å². The lowest BCUT2D eigenvalue weighted by molar-refractivity contribution is 0.687. The first-order valence-electron chi connectivity index (χ1n) is 5.52. The molecule has 0 aliphatic carbocycles. The van der Waals surface area contributed by atoms with Crippen molar-refractivity contribution in [3.05, 3.63) is 45.1 Å². The molecule has 3 aromatic rings. The number of alkyl halides is 1. The summed E-state index contributed by atoms with van der Waals surface area (Å²) >= 11 is 5.59. The maximum atomic E-state index is 12.2. The van der Waals surface area contributed by atoms with E-state index in [4.69, 9.17) is 11.6 Å². The van der Waals surface area contributed by atoms with Crippen LogP contribution in [-0.2, 0) is 6.54 Å². The lowest BCUT2D eigenvalue weighted by Gasteiger charge is -2.00. The molecule has 1 aromatic carbocycles. The third-order valence-corrected chi connectivity index (χ3v) is 3.12. The molecule has 0 saturated carbocycles. The van der Waals surface area contributed by atoms with Crippen LogP contribution in [0.1, 0.15) is 0 Å². The third kappa shape index (κ3) is 1.48. The summed E-state index contributed by atoms with van der Waals surface area (Å²) in [7, 11) is 0. The molecule has 0 radical (unpaired) electrons. The number of aromatic amines is 2. The number of nitrogens with zero attached hydrogens (tertiary/aromatic N) is 1. The summed E-state index contributed by atoms with van der Waals surface area (Å²) in [4.78, 5) is 29.7. The van der Waals surface area contributed by atoms with Crippen LogP contribution in [0.25, 0.3) is 21.9 Å². The van der Waals surface area contributed by atoms with E-state index in [1.165, 1.54) is 0 Å². The predicted octanol–water partition coefficient (Wildman–Crippen LogP) is 1.41. The summed E-state index contributed by atoms with van der Waals surface area (Å²) in [5.74, 6) is 0.217. The van der Waals surface area contributed by atoms with Crippen molar-refractivity contribution < 1.29 is 0 Å². The van der Waals surface area contributed by atoms with E-state index in [1.54, 1.807) is 0 Å². The summed E-state index contributed by atoms with van der Waals surface area (Å²) in [6.07, 6.45) is 0. The van der Waals surface area contributed by atoms with Gasteiger partial charge in [0.1, 0.15) is 5.52 Å². The maximum absolute atomic E-state index is 12.2. The van der Waals surface area contributed by atoms with Crippen LogP contribution in [0.2, 0.25) is 0 Å². The van der Waals surface area contributed by atoms with Gasteiger partial charge in [0.2, 0.25) is 0 Å². The van der Waals surface area contributed by atoms with E-state index in [0.717, 1.165) is 15.5 Å². The highest BCUT2D eigenvalue weighted by molar-refractivity contribution is 6.17. The summed E-state index contributed by atoms with van der Waals surface area (Å²) in [5, 5.41) is 0.833. The van der Waals surface area contributed by atoms with Crippen molar-refractivity contribution in [3.63, 3.8) is 0 Å². The van der Waals surface area contributed by atoms with Crippen molar-refractivity contribution in [1.29, 1.82) is 0 Å². The van der Waals surface area contributed by atoms with Crippen LogP contribution in [0.3, 0.4) is 0 Å². The number of para-hydroxylation sites is 1. The van der Waals surface area contributed by atoms with Crippen LogP contribution in [0.4, 0.5) is 0 Å². The highest BCUT2D eigenvalue weighted by Gasteiger charge is 2.11. The van der Waals surface area contributed by atoms with E-state index >= 15 is 0 Å². The zero-order chi connectivity index (χ0) is 12.7. The van der Waals surface area contributed by atoms with E-state index in [0.29, 0.717) is 11.0 Å². The smallest absolute Gasteiger partial charge is 0.328 e. The average Bonchev–Trinajstić information content (AvgIpc) is 2.74. The number of hydrogen-bond donors (Lipinski definition) is 2. The lowest BCUT2D eigenvalue weighted by atomic mass is 10.2. The van der Waals surface area contributed by atoms with Gasteiger partial charge in [-0.25, -0.2) is 4.79 Å². The van der Waals surface area contributed by atoms with Crippen LogP contribution in [0, 0.1) is 0 Å². The Morgan fingerprint density at radius 3 is 2.67 bits per heavy atom. The van der Waals surface area contributed by atoms with Gasteiger partial charge >= 0.3 is 5.69 Å². The first-order chi connectivity index (χ1) is 8.72. The van der Waals surface area contributed by atoms with Crippen molar-refractivity contribution >= 4 is 33.5 Å². The van der Waals surface area contributed by atoms with E-state index in [-0.39, 0.29) is 18.0 Å². The molecular weight excluding hydrogens is 254 g/mol. The SMILES string of the molecule is O=c1[nH]c2c([nH]c3ccccc32)c(=O)n1CCCl. The lowest BCUT2D eigenvalue weighted by Crippen LogP contribution is -2.35. The molecule has 0 spiro atoms. The molecule has 2 N–H and O–H groups in total. The Morgan fingerprint density at radius 1 is 1.11 bits per heavy atom. The first-order valence-corrected chi connectivity index (χ1v) is 6.05. The molecule has 0 aliphatic heterocycles. The molecule has 0 unspecified atom stereocenters. The Balaban J connectivity index is 2.50. The average molecular weight is 264 g/mol. The van der Waals surface area contributed by atoms with Crippen LogP contribution in [0.5, 0.6) is 0 Å². The summed E-state index contributed by atoms with van der Waals surface area (Å²) in [6, 6.07) is 7.44. The zero-order valence-corrected chi connectivity index (χ0v) is 10.1. The number of fused-ring (bicyclic) bond motifs is 3. The van der Waals surface area contributed by atoms with Gasteiger partial charge in [0, 0.05) is 23.3 Å². The van der Waals surface area contributed by atoms with E-state index in [1.807, 2.05) is 24.3 Å². The standard InChI is InChI=1S/C12H10ClN3O2/c13-5-6-16-11(17)10-9(15-12(16)18)7-3-1-2-4-8(7)14-10/h1-4,14H,5-6H2,(H,15,18). The predicted molar refractivity (Wildman–Crippen MR) is 71.4 cm³/mol. The van der Waals surface area contributed by atoms with Gasteiger partial charge in [-0.3, -0.25) is 9.36 Å². The zero-order valence-electron chi connectivity index (χ0n) is 9.37. The Morgan fingerprint density at radius 2 is 1.89 bits per heavy atom. The second-order valence-corrected chi connectivity index (χ2v) is 4.37. The second-order valence-electron chi connectivity index (χ2n) is 4.00. The fourth-order valence-electron chi connectivity index (χ4n) is 2.12. The molecule has 92 valence electrons. The molecule has 2 aromatic heterocycles. The normalized spacial score (nSPS) is 11.4. The molecular formula is C12H10ClN3O2. The highest BCUT2D eigenvalue weighted by atomic mass is 35.5. The minimum absolute atomic E-state index is 0.195. The molecule has 3 rings (SSSR count). The van der Waals surface area contributed by atoms with Gasteiger partial charge < -0.3 is 9.97 Å². The number of aromatic nitrogens is 3. The van der Waals surface area contributed by atoms with Crippen LogP contribution in [0.15, 0.2) is 33.9 Å². The largest absolute Gasteiger partial charge is 0.349 e. The van der Waals surface area contributed by atoms with Crippen molar-refractivity contribution in [1.82, 2.24) is 14.5 Å². The fraction of sp³-hybridized carbons (Fsp3) is 0.167. The molecule has 5 nitrogen and oxygen atoms in total. The molecule has 0 amide bonds. The molecule has 18 heavy (non-hydrogen) atoms. The Kier molecular flexibility index (Phi) is 2.48. The van der Waals surface area contributed by atoms with Crippen molar-refractivity contribution in [2.75, 3.05) is 5.88 Å². The van der Waals surface area contributed by atoms with Gasteiger partial charge in [0.15, 0.2) is 0 Å². The maximum Gasteiger partial charge on any atom is 0.328 e. The molecule has 0 bridgehead atoms. The quantitative estimate of drug-likeness (QED) is 0.686. The van der Waals surface area contributed by atoms with E-state index < -0.39 is 5.69 Å². The molecule has 0 fully saturated rings. The molecule has 0 aliphatic rings. The first kappa shape index (κ1) is 11.1. The molecule has 2 heterocycles. The summed E-state index contributed by atoms with van der Waals surface area (Å²) in [6.45, 7) is 0.195. The van der Waals surface area contributed by atoms with Crippen LogP contribution in [-0.4, -0.2) is 20.4 Å². The van der Waals surface area contributed by atoms with Gasteiger partial charge in [0.25, 0.3) is 5.56 Å². The van der Waals surface area contributed by atoms with Gasteiger partial charge in [-0.1, -0.05) is 18.2 Å². The molecule has 6 heteroatoms. The molecule has 0 saturated heterocycles. The number of halogens is 1. The second kappa shape index (κ2) is 4.03. The van der Waals surface area contributed by atoms with Crippen LogP contribution >= 0.6 is 11.6 Å². The Bertz CT molecular complexity index is 844. The number of nitrogens with one attached hydrogen (secondary N) is 2. The number of rotatable bonds is 2. The summed E-state index contributed by atoms with van der Waals surface area (Å²) < 4.78 is 1.10. The van der Waals surface area contributed by atoms with Crippen molar-refractivity contribution in [2.24, 2.45) is 0 Å². The van der Waals surface area contributed by atoms with E-state index in [9.17, 15) is 9.59 Å². The summed E-state index contributed by atoms with van der Waals surface area (Å²) in [5.41, 5.74) is 1.000. The van der Waals surface area contributed by atoms with Crippen molar-refractivity contribution in [3.8, 4) is 0 Å². The minimum atomic E-state index is -0.432. The topological polar surface area (TPSA) is 70.7 Å². The van der Waals surface area contributed by atoms with Crippen LogP contribution < -0.4 is 11.2 Å². The highest BCUT2D eigenvalue weighted by Crippen LogP contribution is 2.19. The Hall–Kier alpha value is -2.01. The number of H-pyrrole nitrogens is 2. The fourth-order valence-corrected chi connectivity index (χ4v) is 2.29. The third-order valence-electron chi connectivity index (χ3n) is 2.95. The van der Waals surface area contributed by atoms with Gasteiger partial charge in [-0.15, -0.1) is 11.6 Å². The monoisotopic (exact) mass is 263 g/mol. The number of hydrogen-bond acceptors (Lipinski definition) is 2.